The molecular formula is C14H20O2S. The van der Waals surface area contributed by atoms with Gasteiger partial charge in [0.25, 0.3) is 0 Å². The van der Waals surface area contributed by atoms with Crippen LogP contribution in [0.5, 0.6) is 0 Å². The Morgan fingerprint density at radius 3 is 2.53 bits per heavy atom. The van der Waals surface area contributed by atoms with Crippen LogP contribution in [0.2, 0.25) is 0 Å². The molecule has 0 aliphatic carbocycles. The van der Waals surface area contributed by atoms with Crippen molar-refractivity contribution in [2.45, 2.75) is 44.9 Å². The second kappa shape index (κ2) is 8.18. The second-order valence-corrected chi connectivity index (χ2v) is 4.41. The van der Waals surface area contributed by atoms with Crippen LogP contribution in [0.3, 0.4) is 0 Å². The van der Waals surface area contributed by atoms with Gasteiger partial charge in [0, 0.05) is 12.9 Å². The van der Waals surface area contributed by atoms with E-state index in [9.17, 15) is 4.79 Å². The van der Waals surface area contributed by atoms with Gasteiger partial charge in [-0.25, -0.2) is 0 Å². The highest BCUT2D eigenvalue weighted by Crippen LogP contribution is 2.24. The van der Waals surface area contributed by atoms with Crippen molar-refractivity contribution in [2.24, 2.45) is 0 Å². The average molecular weight is 252 g/mol. The first-order valence-electron chi connectivity index (χ1n) is 6.19. The van der Waals surface area contributed by atoms with E-state index in [0.717, 1.165) is 18.4 Å². The van der Waals surface area contributed by atoms with Gasteiger partial charge in [-0.05, 0) is 12.0 Å². The van der Waals surface area contributed by atoms with Crippen LogP contribution >= 0.6 is 12.9 Å². The van der Waals surface area contributed by atoms with Gasteiger partial charge < -0.3 is 4.18 Å². The van der Waals surface area contributed by atoms with Gasteiger partial charge >= 0.3 is 5.97 Å². The number of hydrogen-bond donors (Lipinski definition) is 1. The maximum absolute atomic E-state index is 11.7. The first-order chi connectivity index (χ1) is 8.29. The molecule has 94 valence electrons. The third-order valence-corrected chi connectivity index (χ3v) is 3.10. The molecule has 0 fully saturated rings. The van der Waals surface area contributed by atoms with E-state index < -0.39 is 0 Å². The fourth-order valence-electron chi connectivity index (χ4n) is 1.94. The Balaban J connectivity index is 2.59. The van der Waals surface area contributed by atoms with Crippen molar-refractivity contribution in [3.8, 4) is 0 Å². The number of unbranched alkanes of at least 4 members (excludes halogenated alkanes) is 3. The van der Waals surface area contributed by atoms with Crippen LogP contribution in [0.15, 0.2) is 30.3 Å². The molecule has 1 unspecified atom stereocenters. The third-order valence-electron chi connectivity index (χ3n) is 2.92. The van der Waals surface area contributed by atoms with Gasteiger partial charge in [0.15, 0.2) is 0 Å². The van der Waals surface area contributed by atoms with Gasteiger partial charge in [-0.3, -0.25) is 4.79 Å². The van der Waals surface area contributed by atoms with E-state index in [1.807, 2.05) is 30.3 Å². The first-order valence-corrected chi connectivity index (χ1v) is 6.56. The summed E-state index contributed by atoms with van der Waals surface area (Å²) in [7, 11) is 0. The number of carbonyl (C=O) groups is 1. The molecule has 0 bridgehead atoms. The minimum absolute atomic E-state index is 0.175. The van der Waals surface area contributed by atoms with E-state index in [0.29, 0.717) is 0 Å². The SMILES string of the molecule is CCCCCCC(C(=O)OS)c1ccccc1. The van der Waals surface area contributed by atoms with E-state index in [1.54, 1.807) is 0 Å². The predicted molar refractivity (Wildman–Crippen MR) is 73.0 cm³/mol. The Bertz CT molecular complexity index is 324. The summed E-state index contributed by atoms with van der Waals surface area (Å²) in [5.74, 6) is -0.429. The van der Waals surface area contributed by atoms with E-state index in [2.05, 4.69) is 24.0 Å². The molecule has 3 heteroatoms. The molecule has 0 N–H and O–H groups in total. The van der Waals surface area contributed by atoms with Crippen LogP contribution in [0.25, 0.3) is 0 Å². The summed E-state index contributed by atoms with van der Waals surface area (Å²) in [6, 6.07) is 9.77. The maximum atomic E-state index is 11.7. The quantitative estimate of drug-likeness (QED) is 0.448. The zero-order valence-corrected chi connectivity index (χ0v) is 11.2. The summed E-state index contributed by atoms with van der Waals surface area (Å²) in [6.07, 6.45) is 5.48. The normalized spacial score (nSPS) is 12.1. The zero-order valence-electron chi connectivity index (χ0n) is 10.3. The minimum atomic E-state index is -0.254. The molecule has 0 saturated heterocycles. The molecule has 0 heterocycles. The summed E-state index contributed by atoms with van der Waals surface area (Å²) in [6.45, 7) is 2.18. The van der Waals surface area contributed by atoms with Gasteiger partial charge in [-0.2, -0.15) is 0 Å². The second-order valence-electron chi connectivity index (χ2n) is 4.22. The molecule has 0 aliphatic rings. The van der Waals surface area contributed by atoms with E-state index in [1.165, 1.54) is 19.3 Å². The van der Waals surface area contributed by atoms with E-state index in [-0.39, 0.29) is 11.9 Å². The van der Waals surface area contributed by atoms with Gasteiger partial charge in [0.05, 0.1) is 5.92 Å². The molecule has 17 heavy (non-hydrogen) atoms. The van der Waals surface area contributed by atoms with Gasteiger partial charge in [0.1, 0.15) is 0 Å². The van der Waals surface area contributed by atoms with Crippen molar-refractivity contribution < 1.29 is 8.98 Å². The molecule has 1 atom stereocenters. The number of rotatable bonds is 7. The molecule has 0 amide bonds. The van der Waals surface area contributed by atoms with E-state index in [4.69, 9.17) is 0 Å². The van der Waals surface area contributed by atoms with Gasteiger partial charge in [-0.15, -0.1) is 0 Å². The molecular weight excluding hydrogens is 232 g/mol. The van der Waals surface area contributed by atoms with Gasteiger partial charge in [0.2, 0.25) is 0 Å². The van der Waals surface area contributed by atoms with Crippen molar-refractivity contribution >= 4 is 18.9 Å². The monoisotopic (exact) mass is 252 g/mol. The summed E-state index contributed by atoms with van der Waals surface area (Å²) in [5, 5.41) is 0. The zero-order chi connectivity index (χ0) is 12.5. The van der Waals surface area contributed by atoms with Gasteiger partial charge in [-0.1, -0.05) is 62.9 Å². The summed E-state index contributed by atoms with van der Waals surface area (Å²) >= 11 is 3.62. The molecule has 1 rings (SSSR count). The topological polar surface area (TPSA) is 26.3 Å². The van der Waals surface area contributed by atoms with Crippen LogP contribution < -0.4 is 0 Å². The third kappa shape index (κ3) is 4.82. The molecule has 1 aromatic carbocycles. The lowest BCUT2D eigenvalue weighted by Crippen LogP contribution is -2.12. The van der Waals surface area contributed by atoms with Crippen molar-refractivity contribution in [2.75, 3.05) is 0 Å². The summed E-state index contributed by atoms with van der Waals surface area (Å²) in [4.78, 5) is 11.7. The molecule has 2 nitrogen and oxygen atoms in total. The van der Waals surface area contributed by atoms with Crippen LogP contribution in [0.1, 0.15) is 50.5 Å². The van der Waals surface area contributed by atoms with E-state index >= 15 is 0 Å². The maximum Gasteiger partial charge on any atom is 0.325 e. The van der Waals surface area contributed by atoms with Crippen LogP contribution in [-0.2, 0) is 8.98 Å². The Labute approximate surface area is 109 Å². The Hall–Kier alpha value is -0.960. The fourth-order valence-corrected chi connectivity index (χ4v) is 2.07. The van der Waals surface area contributed by atoms with Crippen LogP contribution in [0.4, 0.5) is 0 Å². The Kier molecular flexibility index (Phi) is 6.78. The predicted octanol–water partition coefficient (Wildman–Crippen LogP) is 4.13. The lowest BCUT2D eigenvalue weighted by atomic mass is 9.93. The van der Waals surface area contributed by atoms with Crippen molar-refractivity contribution in [3.63, 3.8) is 0 Å². The van der Waals surface area contributed by atoms with Crippen molar-refractivity contribution in [1.82, 2.24) is 0 Å². The number of thiol groups is 1. The summed E-state index contributed by atoms with van der Waals surface area (Å²) < 4.78 is 4.58. The molecule has 0 saturated carbocycles. The minimum Gasteiger partial charge on any atom is -0.394 e. The highest BCUT2D eigenvalue weighted by atomic mass is 32.1. The molecule has 0 spiro atoms. The Morgan fingerprint density at radius 2 is 1.94 bits per heavy atom. The van der Waals surface area contributed by atoms with Crippen molar-refractivity contribution in [1.29, 1.82) is 0 Å². The van der Waals surface area contributed by atoms with Crippen LogP contribution in [0, 0.1) is 0 Å². The lowest BCUT2D eigenvalue weighted by Gasteiger charge is -2.14. The first kappa shape index (κ1) is 14.1. The smallest absolute Gasteiger partial charge is 0.325 e. The van der Waals surface area contributed by atoms with Crippen molar-refractivity contribution in [3.05, 3.63) is 35.9 Å². The standard InChI is InChI=1S/C14H20O2S/c1-2-3-4-8-11-13(14(15)16-17)12-9-6-5-7-10-12/h5-7,9-10,13,17H,2-4,8,11H2,1H3. The van der Waals surface area contributed by atoms with Crippen LogP contribution in [-0.4, -0.2) is 5.97 Å². The lowest BCUT2D eigenvalue weighted by molar-refractivity contribution is -0.134. The highest BCUT2D eigenvalue weighted by Gasteiger charge is 2.20. The average Bonchev–Trinajstić information content (AvgIpc) is 2.39. The molecule has 0 aliphatic heterocycles. The molecule has 0 radical (unpaired) electrons. The fraction of sp³-hybridized carbons (Fsp3) is 0.500. The molecule has 0 aromatic heterocycles. The largest absolute Gasteiger partial charge is 0.394 e. The highest BCUT2D eigenvalue weighted by molar-refractivity contribution is 7.75. The number of carbonyl (C=O) groups excluding carboxylic acids is 1. The Morgan fingerprint density at radius 1 is 1.24 bits per heavy atom. The molecule has 1 aromatic rings. The number of benzene rings is 1. The number of hydrogen-bond acceptors (Lipinski definition) is 3. The summed E-state index contributed by atoms with van der Waals surface area (Å²) in [5.41, 5.74) is 1.02.